The Morgan fingerprint density at radius 3 is 2.64 bits per heavy atom. The minimum Gasteiger partial charge on any atom is -0.350 e. The molecule has 0 aliphatic heterocycles. The van der Waals surface area contributed by atoms with Crippen LogP contribution in [0.1, 0.15) is 68.3 Å². The number of aromatic amines is 1. The zero-order valence-corrected chi connectivity index (χ0v) is 18.3. The molecule has 174 valence electrons. The van der Waals surface area contributed by atoms with Crippen LogP contribution in [-0.4, -0.2) is 28.5 Å². The van der Waals surface area contributed by atoms with Crippen LogP contribution in [0.3, 0.4) is 0 Å². The van der Waals surface area contributed by atoms with Crippen molar-refractivity contribution in [1.29, 1.82) is 5.26 Å². The molecule has 33 heavy (non-hydrogen) atoms. The predicted octanol–water partition coefficient (Wildman–Crippen LogP) is 4.59. The Hall–Kier alpha value is -3.08. The van der Waals surface area contributed by atoms with Crippen LogP contribution in [0.15, 0.2) is 18.2 Å². The molecule has 1 aromatic carbocycles. The summed E-state index contributed by atoms with van der Waals surface area (Å²) in [5, 5.41) is 12.5. The summed E-state index contributed by atoms with van der Waals surface area (Å²) in [5.41, 5.74) is 0.164. The molecule has 1 aromatic heterocycles. The second kappa shape index (κ2) is 9.82. The number of hydrogen-bond donors (Lipinski definition) is 2. The van der Waals surface area contributed by atoms with Crippen molar-refractivity contribution in [1.82, 2.24) is 10.3 Å². The van der Waals surface area contributed by atoms with E-state index in [1.807, 2.05) is 0 Å². The van der Waals surface area contributed by atoms with E-state index < -0.39 is 23.6 Å². The van der Waals surface area contributed by atoms with Crippen LogP contribution in [0.2, 0.25) is 0 Å². The smallest absolute Gasteiger partial charge is 0.224 e. The lowest BCUT2D eigenvalue weighted by atomic mass is 9.83. The molecule has 2 aliphatic carbocycles. The number of carbonyl (C=O) groups is 3. The summed E-state index contributed by atoms with van der Waals surface area (Å²) in [5.74, 6) is -2.61. The fourth-order valence-electron chi connectivity index (χ4n) is 4.71. The van der Waals surface area contributed by atoms with Gasteiger partial charge in [0.05, 0.1) is 17.3 Å². The number of fused-ring (bicyclic) bond motifs is 1. The molecule has 4 rings (SSSR count). The Morgan fingerprint density at radius 2 is 1.94 bits per heavy atom. The van der Waals surface area contributed by atoms with E-state index in [9.17, 15) is 28.4 Å². The van der Waals surface area contributed by atoms with Crippen LogP contribution >= 0.6 is 0 Å². The van der Waals surface area contributed by atoms with Crippen LogP contribution in [-0.2, 0) is 9.59 Å². The molecule has 3 atom stereocenters. The molecule has 1 heterocycles. The summed E-state index contributed by atoms with van der Waals surface area (Å²) in [6.07, 6.45) is 5.77. The van der Waals surface area contributed by atoms with Gasteiger partial charge in [0, 0.05) is 36.1 Å². The Bertz CT molecular complexity index is 1120. The fourth-order valence-corrected chi connectivity index (χ4v) is 4.71. The Balaban J connectivity index is 1.44. The number of Topliss-reactive ketones (excluding diaryl/α,β-unsaturated/α-hetero) is 2. The van der Waals surface area contributed by atoms with E-state index >= 15 is 0 Å². The number of ketones is 2. The number of carbonyl (C=O) groups excluding carboxylic acids is 3. The number of rotatable bonds is 9. The third-order valence-corrected chi connectivity index (χ3v) is 6.74. The highest BCUT2D eigenvalue weighted by molar-refractivity contribution is 6.01. The lowest BCUT2D eigenvalue weighted by Crippen LogP contribution is -2.41. The summed E-state index contributed by atoms with van der Waals surface area (Å²) in [6.45, 7) is 0. The van der Waals surface area contributed by atoms with Gasteiger partial charge in [0.25, 0.3) is 0 Å². The van der Waals surface area contributed by atoms with Gasteiger partial charge in [0.15, 0.2) is 5.78 Å². The van der Waals surface area contributed by atoms with Gasteiger partial charge in [0.1, 0.15) is 23.5 Å². The summed E-state index contributed by atoms with van der Waals surface area (Å²) in [4.78, 5) is 40.7. The number of aromatic nitrogens is 1. The highest BCUT2D eigenvalue weighted by atomic mass is 19.1. The van der Waals surface area contributed by atoms with Crippen molar-refractivity contribution in [2.24, 2.45) is 17.8 Å². The molecule has 0 unspecified atom stereocenters. The number of hydrogen-bond acceptors (Lipinski definition) is 4. The molecule has 2 N–H and O–H groups in total. The van der Waals surface area contributed by atoms with Crippen LogP contribution in [0.25, 0.3) is 10.9 Å². The Kier molecular flexibility index (Phi) is 6.87. The molecule has 0 bridgehead atoms. The van der Waals surface area contributed by atoms with E-state index in [-0.39, 0.29) is 52.8 Å². The zero-order chi connectivity index (χ0) is 23.5. The van der Waals surface area contributed by atoms with Crippen molar-refractivity contribution in [2.45, 2.75) is 63.8 Å². The average Bonchev–Trinajstić information content (AvgIpc) is 3.49. The first kappa shape index (κ1) is 23.1. The first-order valence-corrected chi connectivity index (χ1v) is 11.6. The van der Waals surface area contributed by atoms with Crippen molar-refractivity contribution < 1.29 is 23.2 Å². The minimum atomic E-state index is -0.787. The van der Waals surface area contributed by atoms with E-state index in [1.54, 1.807) is 0 Å². The van der Waals surface area contributed by atoms with Gasteiger partial charge in [-0.1, -0.05) is 19.3 Å². The molecule has 1 amide bonds. The van der Waals surface area contributed by atoms with E-state index in [4.69, 9.17) is 0 Å². The lowest BCUT2D eigenvalue weighted by Gasteiger charge is -2.24. The molecular formula is C25H27F2N3O3. The second-order valence-corrected chi connectivity index (χ2v) is 9.37. The van der Waals surface area contributed by atoms with Crippen molar-refractivity contribution in [2.75, 3.05) is 0 Å². The minimum absolute atomic E-state index is 0.0460. The van der Waals surface area contributed by atoms with Crippen molar-refractivity contribution in [3.05, 3.63) is 35.5 Å². The number of halogens is 2. The number of benzene rings is 1. The van der Waals surface area contributed by atoms with E-state index in [1.165, 1.54) is 6.07 Å². The maximum Gasteiger partial charge on any atom is 0.224 e. The number of nitriles is 1. The third-order valence-electron chi connectivity index (χ3n) is 6.74. The van der Waals surface area contributed by atoms with Gasteiger partial charge in [-0.15, -0.1) is 0 Å². The van der Waals surface area contributed by atoms with Gasteiger partial charge in [-0.3, -0.25) is 14.4 Å². The quantitative estimate of drug-likeness (QED) is 0.540. The Morgan fingerprint density at radius 1 is 1.15 bits per heavy atom. The Labute approximate surface area is 190 Å². The van der Waals surface area contributed by atoms with E-state index in [2.05, 4.69) is 16.4 Å². The zero-order valence-electron chi connectivity index (χ0n) is 18.3. The van der Waals surface area contributed by atoms with Crippen LogP contribution in [0.5, 0.6) is 0 Å². The highest BCUT2D eigenvalue weighted by Crippen LogP contribution is 2.37. The van der Waals surface area contributed by atoms with Crippen LogP contribution in [0.4, 0.5) is 8.78 Å². The SMILES string of the molecule is N#C[C@H](C[C@@H]1CCCCC1=O)NC(=O)[C@@H](CC(=O)c1cc2cc(F)cc(F)c2[nH]1)CC1CC1. The number of nitrogens with zero attached hydrogens (tertiary/aromatic N) is 1. The van der Waals surface area contributed by atoms with Gasteiger partial charge in [-0.05, 0) is 43.7 Å². The van der Waals surface area contributed by atoms with Crippen molar-refractivity contribution in [3.8, 4) is 6.07 Å². The third kappa shape index (κ3) is 5.65. The van der Waals surface area contributed by atoms with Crippen LogP contribution in [0, 0.1) is 40.7 Å². The van der Waals surface area contributed by atoms with E-state index in [0.29, 0.717) is 18.8 Å². The predicted molar refractivity (Wildman–Crippen MR) is 117 cm³/mol. The van der Waals surface area contributed by atoms with Gasteiger partial charge in [0.2, 0.25) is 5.91 Å². The lowest BCUT2D eigenvalue weighted by molar-refractivity contribution is -0.127. The number of nitrogens with one attached hydrogen (secondary N) is 2. The van der Waals surface area contributed by atoms with Crippen molar-refractivity contribution >= 4 is 28.4 Å². The van der Waals surface area contributed by atoms with Gasteiger partial charge >= 0.3 is 0 Å². The molecule has 0 spiro atoms. The largest absolute Gasteiger partial charge is 0.350 e. The maximum absolute atomic E-state index is 14.0. The molecule has 2 aliphatic rings. The highest BCUT2D eigenvalue weighted by Gasteiger charge is 2.33. The van der Waals surface area contributed by atoms with Gasteiger partial charge < -0.3 is 10.3 Å². The van der Waals surface area contributed by atoms with Crippen molar-refractivity contribution in [3.63, 3.8) is 0 Å². The molecule has 2 aromatic rings. The van der Waals surface area contributed by atoms with Gasteiger partial charge in [-0.25, -0.2) is 8.78 Å². The molecular weight excluding hydrogens is 428 g/mol. The standard InChI is InChI=1S/C25H27F2N3O3/c26-18-8-16-10-21(30-24(16)20(27)12-18)23(32)11-17(7-14-5-6-14)25(33)29-19(13-28)9-15-3-1-2-4-22(15)31/h8,10,12,14-15,17,19,30H,1-7,9,11H2,(H,29,33)/t15-,17+,19-/m0/s1. The number of H-pyrrole nitrogens is 1. The molecule has 2 fully saturated rings. The second-order valence-electron chi connectivity index (χ2n) is 9.37. The number of amides is 1. The first-order valence-electron chi connectivity index (χ1n) is 11.6. The van der Waals surface area contributed by atoms with E-state index in [0.717, 1.165) is 44.2 Å². The molecule has 2 saturated carbocycles. The fraction of sp³-hybridized carbons (Fsp3) is 0.520. The monoisotopic (exact) mass is 455 g/mol. The molecule has 8 heteroatoms. The van der Waals surface area contributed by atoms with Crippen LogP contribution < -0.4 is 5.32 Å². The average molecular weight is 456 g/mol. The molecule has 0 saturated heterocycles. The molecule has 0 radical (unpaired) electrons. The normalized spacial score (nSPS) is 20.3. The molecule has 6 nitrogen and oxygen atoms in total. The summed E-state index contributed by atoms with van der Waals surface area (Å²) in [6, 6.07) is 4.58. The summed E-state index contributed by atoms with van der Waals surface area (Å²) >= 11 is 0. The summed E-state index contributed by atoms with van der Waals surface area (Å²) < 4.78 is 27.5. The maximum atomic E-state index is 14.0. The topological polar surface area (TPSA) is 103 Å². The first-order chi connectivity index (χ1) is 15.8. The summed E-state index contributed by atoms with van der Waals surface area (Å²) in [7, 11) is 0. The van der Waals surface area contributed by atoms with Gasteiger partial charge in [-0.2, -0.15) is 5.26 Å².